The molecule has 0 aromatic heterocycles. The molecule has 4 heteroatoms. The van der Waals surface area contributed by atoms with Crippen LogP contribution in [0.3, 0.4) is 0 Å². The van der Waals surface area contributed by atoms with E-state index in [9.17, 15) is 4.79 Å². The number of ether oxygens (including phenoxy) is 2. The Labute approximate surface area is 94.6 Å². The molecule has 1 fully saturated rings. The molecule has 16 heavy (non-hydrogen) atoms. The minimum Gasteiger partial charge on any atom is -0.346 e. The van der Waals surface area contributed by atoms with E-state index >= 15 is 0 Å². The third kappa shape index (κ3) is 2.59. The Morgan fingerprint density at radius 1 is 1.44 bits per heavy atom. The Morgan fingerprint density at radius 2 is 2.19 bits per heavy atom. The quantitative estimate of drug-likeness (QED) is 0.850. The van der Waals surface area contributed by atoms with Gasteiger partial charge in [-0.05, 0) is 12.1 Å². The zero-order valence-corrected chi connectivity index (χ0v) is 9.23. The number of nitrogens with one attached hydrogen (secondary N) is 1. The van der Waals surface area contributed by atoms with E-state index in [4.69, 9.17) is 9.47 Å². The van der Waals surface area contributed by atoms with Crippen LogP contribution in [0.5, 0.6) is 0 Å². The van der Waals surface area contributed by atoms with Gasteiger partial charge in [-0.25, -0.2) is 0 Å². The maximum atomic E-state index is 11.2. The van der Waals surface area contributed by atoms with Crippen molar-refractivity contribution in [1.29, 1.82) is 0 Å². The van der Waals surface area contributed by atoms with Crippen molar-refractivity contribution in [3.63, 3.8) is 0 Å². The summed E-state index contributed by atoms with van der Waals surface area (Å²) in [4.78, 5) is 11.2. The van der Waals surface area contributed by atoms with Crippen LogP contribution < -0.4 is 5.32 Å². The first-order valence-corrected chi connectivity index (χ1v) is 5.42. The van der Waals surface area contributed by atoms with Crippen molar-refractivity contribution < 1.29 is 14.3 Å². The van der Waals surface area contributed by atoms with Crippen LogP contribution in [0.1, 0.15) is 25.2 Å². The summed E-state index contributed by atoms with van der Waals surface area (Å²) in [5, 5.41) is 2.81. The van der Waals surface area contributed by atoms with Crippen LogP contribution >= 0.6 is 0 Å². The fourth-order valence-corrected chi connectivity index (χ4v) is 1.56. The zero-order chi connectivity index (χ0) is 11.4. The fourth-order valence-electron chi connectivity index (χ4n) is 1.56. The molecule has 0 bridgehead atoms. The van der Waals surface area contributed by atoms with Crippen molar-refractivity contribution in [3.05, 3.63) is 29.8 Å². The molecular formula is C12H15NO3. The van der Waals surface area contributed by atoms with Gasteiger partial charge in [-0.1, -0.05) is 19.1 Å². The maximum absolute atomic E-state index is 11.2. The van der Waals surface area contributed by atoms with E-state index in [0.717, 1.165) is 11.3 Å². The van der Waals surface area contributed by atoms with Gasteiger partial charge in [0, 0.05) is 17.7 Å². The van der Waals surface area contributed by atoms with Crippen LogP contribution in [0.4, 0.5) is 5.69 Å². The highest BCUT2D eigenvalue weighted by atomic mass is 16.7. The number of anilines is 1. The summed E-state index contributed by atoms with van der Waals surface area (Å²) < 4.78 is 10.8. The van der Waals surface area contributed by atoms with Gasteiger partial charge in [-0.2, -0.15) is 0 Å². The molecule has 0 radical (unpaired) electrons. The topological polar surface area (TPSA) is 47.6 Å². The minimum atomic E-state index is -0.293. The van der Waals surface area contributed by atoms with E-state index in [-0.39, 0.29) is 12.2 Å². The van der Waals surface area contributed by atoms with Crippen LogP contribution in [-0.2, 0) is 14.3 Å². The van der Waals surface area contributed by atoms with Gasteiger partial charge in [0.05, 0.1) is 13.2 Å². The van der Waals surface area contributed by atoms with Crippen molar-refractivity contribution in [1.82, 2.24) is 0 Å². The van der Waals surface area contributed by atoms with E-state index in [1.807, 2.05) is 31.2 Å². The van der Waals surface area contributed by atoms with Crippen LogP contribution in [-0.4, -0.2) is 19.1 Å². The molecule has 4 nitrogen and oxygen atoms in total. The van der Waals surface area contributed by atoms with Crippen LogP contribution in [0.15, 0.2) is 24.3 Å². The molecule has 1 N–H and O–H groups in total. The summed E-state index contributed by atoms with van der Waals surface area (Å²) in [5.74, 6) is 0.00501. The van der Waals surface area contributed by atoms with Gasteiger partial charge in [0.25, 0.3) is 0 Å². The second kappa shape index (κ2) is 5.09. The molecule has 0 atom stereocenters. The summed E-state index contributed by atoms with van der Waals surface area (Å²) in [7, 11) is 0. The lowest BCUT2D eigenvalue weighted by Crippen LogP contribution is -2.10. The van der Waals surface area contributed by atoms with Crippen LogP contribution in [0.25, 0.3) is 0 Å². The number of benzene rings is 1. The van der Waals surface area contributed by atoms with Gasteiger partial charge < -0.3 is 14.8 Å². The monoisotopic (exact) mass is 221 g/mol. The van der Waals surface area contributed by atoms with E-state index in [1.165, 1.54) is 0 Å². The summed E-state index contributed by atoms with van der Waals surface area (Å²) in [6.07, 6.45) is 0.180. The highest BCUT2D eigenvalue weighted by Crippen LogP contribution is 2.25. The molecule has 1 heterocycles. The third-order valence-corrected chi connectivity index (χ3v) is 2.39. The first-order valence-electron chi connectivity index (χ1n) is 5.42. The molecule has 1 aliphatic rings. The number of hydrogen-bond donors (Lipinski definition) is 1. The first kappa shape index (κ1) is 11.1. The van der Waals surface area contributed by atoms with Crippen molar-refractivity contribution in [2.75, 3.05) is 18.5 Å². The SMILES string of the molecule is CCC(=O)Nc1cccc(C2OCCO2)c1. The average molecular weight is 221 g/mol. The minimum absolute atomic E-state index is 0.00501. The van der Waals surface area contributed by atoms with Gasteiger partial charge in [0.2, 0.25) is 5.91 Å². The van der Waals surface area contributed by atoms with Gasteiger partial charge in [-0.3, -0.25) is 4.79 Å². The number of carbonyl (C=O) groups excluding carboxylic acids is 1. The Hall–Kier alpha value is -1.39. The van der Waals surface area contributed by atoms with E-state index in [2.05, 4.69) is 5.32 Å². The molecule has 0 aliphatic carbocycles. The van der Waals surface area contributed by atoms with Crippen molar-refractivity contribution in [2.24, 2.45) is 0 Å². The molecule has 1 aromatic carbocycles. The predicted octanol–water partition coefficient (Wildman–Crippen LogP) is 2.08. The lowest BCUT2D eigenvalue weighted by atomic mass is 10.2. The molecule has 1 saturated heterocycles. The lowest BCUT2D eigenvalue weighted by molar-refractivity contribution is -0.115. The summed E-state index contributed by atoms with van der Waals surface area (Å²) in [5.41, 5.74) is 1.72. The fraction of sp³-hybridized carbons (Fsp3) is 0.417. The lowest BCUT2D eigenvalue weighted by Gasteiger charge is -2.11. The first-order chi connectivity index (χ1) is 7.79. The number of rotatable bonds is 3. The molecule has 0 spiro atoms. The highest BCUT2D eigenvalue weighted by molar-refractivity contribution is 5.90. The van der Waals surface area contributed by atoms with Crippen LogP contribution in [0, 0.1) is 0 Å². The van der Waals surface area contributed by atoms with E-state index in [1.54, 1.807) is 0 Å². The van der Waals surface area contributed by atoms with E-state index < -0.39 is 0 Å². The second-order valence-corrected chi connectivity index (χ2v) is 3.60. The molecule has 86 valence electrons. The maximum Gasteiger partial charge on any atom is 0.224 e. The van der Waals surface area contributed by atoms with Gasteiger partial charge in [0.15, 0.2) is 6.29 Å². The number of carbonyl (C=O) groups is 1. The van der Waals surface area contributed by atoms with Gasteiger partial charge in [-0.15, -0.1) is 0 Å². The predicted molar refractivity (Wildman–Crippen MR) is 60.0 cm³/mol. The molecule has 0 saturated carbocycles. The summed E-state index contributed by atoms with van der Waals surface area (Å²) in [6, 6.07) is 7.54. The van der Waals surface area contributed by atoms with Crippen molar-refractivity contribution in [3.8, 4) is 0 Å². The molecule has 1 aliphatic heterocycles. The normalized spacial score (nSPS) is 16.3. The Morgan fingerprint density at radius 3 is 2.88 bits per heavy atom. The highest BCUT2D eigenvalue weighted by Gasteiger charge is 2.18. The van der Waals surface area contributed by atoms with Gasteiger partial charge >= 0.3 is 0 Å². The second-order valence-electron chi connectivity index (χ2n) is 3.60. The molecule has 1 amide bonds. The van der Waals surface area contributed by atoms with Crippen molar-refractivity contribution >= 4 is 11.6 Å². The Balaban J connectivity index is 2.09. The number of hydrogen-bond acceptors (Lipinski definition) is 3. The Bertz CT molecular complexity index is 372. The van der Waals surface area contributed by atoms with Crippen molar-refractivity contribution in [2.45, 2.75) is 19.6 Å². The third-order valence-electron chi connectivity index (χ3n) is 2.39. The zero-order valence-electron chi connectivity index (χ0n) is 9.23. The number of amides is 1. The molecule has 2 rings (SSSR count). The molecule has 0 unspecified atom stereocenters. The van der Waals surface area contributed by atoms with E-state index in [0.29, 0.717) is 19.6 Å². The average Bonchev–Trinajstić information content (AvgIpc) is 2.83. The molecular weight excluding hydrogens is 206 g/mol. The Kier molecular flexibility index (Phi) is 3.54. The standard InChI is InChI=1S/C12H15NO3/c1-2-11(14)13-10-5-3-4-9(8-10)12-15-6-7-16-12/h3-5,8,12H,2,6-7H2,1H3,(H,13,14). The summed E-state index contributed by atoms with van der Waals surface area (Å²) >= 11 is 0. The molecule has 1 aromatic rings. The summed E-state index contributed by atoms with van der Waals surface area (Å²) in [6.45, 7) is 3.06. The van der Waals surface area contributed by atoms with Crippen LogP contribution in [0.2, 0.25) is 0 Å². The smallest absolute Gasteiger partial charge is 0.224 e. The largest absolute Gasteiger partial charge is 0.346 e. The van der Waals surface area contributed by atoms with Gasteiger partial charge in [0.1, 0.15) is 0 Å².